The predicted molar refractivity (Wildman–Crippen MR) is 110 cm³/mol. The first-order chi connectivity index (χ1) is 11.7. The summed E-state index contributed by atoms with van der Waals surface area (Å²) < 4.78 is 0. The number of hydrogen-bond donors (Lipinski definition) is 0. The van der Waals surface area contributed by atoms with Crippen molar-refractivity contribution in [1.82, 2.24) is 0 Å². The summed E-state index contributed by atoms with van der Waals surface area (Å²) in [6.07, 6.45) is 6.60. The quantitative estimate of drug-likeness (QED) is 0.378. The summed E-state index contributed by atoms with van der Waals surface area (Å²) in [6, 6.07) is 15.9. The van der Waals surface area contributed by atoms with Gasteiger partial charge in [0.05, 0.1) is 0 Å². The Hall–Kier alpha value is -1.38. The van der Waals surface area contributed by atoms with Crippen LogP contribution < -0.4 is 0 Å². The zero-order valence-corrected chi connectivity index (χ0v) is 16.5. The Balaban J connectivity index is 1.74. The van der Waals surface area contributed by atoms with Crippen LogP contribution in [-0.2, 0) is 6.42 Å². The highest BCUT2D eigenvalue weighted by Gasteiger charge is 2.09. The van der Waals surface area contributed by atoms with Gasteiger partial charge in [-0.2, -0.15) is 0 Å². The lowest BCUT2D eigenvalue weighted by molar-refractivity contribution is 0.670. The Labute approximate surface area is 154 Å². The van der Waals surface area contributed by atoms with E-state index >= 15 is 0 Å². The molecule has 24 heavy (non-hydrogen) atoms. The van der Waals surface area contributed by atoms with Crippen LogP contribution in [0.5, 0.6) is 0 Å². The molecule has 0 bridgehead atoms. The number of thiophene rings is 2. The molecule has 1 aromatic carbocycles. The zero-order valence-electron chi connectivity index (χ0n) is 14.9. The number of rotatable bonds is 7. The first-order valence-electron chi connectivity index (χ1n) is 8.94. The smallest absolute Gasteiger partial charge is 0.0449 e. The van der Waals surface area contributed by atoms with E-state index in [2.05, 4.69) is 63.2 Å². The standard InChI is InChI=1S/C22H26S2/c1-4-5-6-7-8-18-11-12-21(23-18)22-14-13-20(24-22)19-15-16(2)9-10-17(19)3/h9-15H,4-8H2,1-3H3. The lowest BCUT2D eigenvalue weighted by Crippen LogP contribution is -1.81. The highest BCUT2D eigenvalue weighted by Crippen LogP contribution is 2.39. The van der Waals surface area contributed by atoms with Crippen molar-refractivity contribution in [2.24, 2.45) is 0 Å². The van der Waals surface area contributed by atoms with Crippen molar-refractivity contribution in [2.75, 3.05) is 0 Å². The molecule has 0 radical (unpaired) electrons. The number of benzene rings is 1. The zero-order chi connectivity index (χ0) is 16.9. The monoisotopic (exact) mass is 354 g/mol. The van der Waals surface area contributed by atoms with Gasteiger partial charge in [0, 0.05) is 19.5 Å². The van der Waals surface area contributed by atoms with Gasteiger partial charge >= 0.3 is 0 Å². The first kappa shape index (κ1) is 17.4. The maximum atomic E-state index is 2.32. The summed E-state index contributed by atoms with van der Waals surface area (Å²) in [6.45, 7) is 6.64. The largest absolute Gasteiger partial charge is 0.139 e. The van der Waals surface area contributed by atoms with Gasteiger partial charge in [0.1, 0.15) is 0 Å². The molecule has 0 aliphatic carbocycles. The Bertz CT molecular complexity index is 792. The van der Waals surface area contributed by atoms with Gasteiger partial charge in [0.2, 0.25) is 0 Å². The van der Waals surface area contributed by atoms with E-state index in [1.165, 1.54) is 68.3 Å². The van der Waals surface area contributed by atoms with Gasteiger partial charge in [-0.1, -0.05) is 49.9 Å². The summed E-state index contributed by atoms with van der Waals surface area (Å²) in [7, 11) is 0. The van der Waals surface area contributed by atoms with Crippen molar-refractivity contribution in [3.05, 3.63) is 58.5 Å². The highest BCUT2D eigenvalue weighted by molar-refractivity contribution is 7.23. The van der Waals surface area contributed by atoms with Gasteiger partial charge in [0.15, 0.2) is 0 Å². The minimum atomic E-state index is 1.24. The molecule has 126 valence electrons. The second-order valence-electron chi connectivity index (χ2n) is 6.56. The van der Waals surface area contributed by atoms with Crippen LogP contribution in [0.2, 0.25) is 0 Å². The van der Waals surface area contributed by atoms with Crippen LogP contribution in [0.1, 0.15) is 48.6 Å². The van der Waals surface area contributed by atoms with Gasteiger partial charge in [-0.25, -0.2) is 0 Å². The topological polar surface area (TPSA) is 0 Å². The summed E-state index contributed by atoms with van der Waals surface area (Å²) in [5.41, 5.74) is 4.07. The third-order valence-corrected chi connectivity index (χ3v) is 6.91. The second-order valence-corrected chi connectivity index (χ2v) is 8.81. The summed E-state index contributed by atoms with van der Waals surface area (Å²) in [5.74, 6) is 0. The maximum Gasteiger partial charge on any atom is 0.0449 e. The van der Waals surface area contributed by atoms with Crippen LogP contribution in [0.15, 0.2) is 42.5 Å². The van der Waals surface area contributed by atoms with Crippen molar-refractivity contribution >= 4 is 22.7 Å². The fourth-order valence-corrected chi connectivity index (χ4v) is 5.21. The molecule has 0 saturated heterocycles. The van der Waals surface area contributed by atoms with Gasteiger partial charge in [0.25, 0.3) is 0 Å². The number of aryl methyl sites for hydroxylation is 3. The number of hydrogen-bond acceptors (Lipinski definition) is 2. The van der Waals surface area contributed by atoms with Crippen molar-refractivity contribution in [3.63, 3.8) is 0 Å². The molecular weight excluding hydrogens is 328 g/mol. The fraction of sp³-hybridized carbons (Fsp3) is 0.364. The lowest BCUT2D eigenvalue weighted by Gasteiger charge is -2.04. The van der Waals surface area contributed by atoms with Gasteiger partial charge in [-0.3, -0.25) is 0 Å². The normalized spacial score (nSPS) is 11.1. The van der Waals surface area contributed by atoms with Crippen molar-refractivity contribution in [3.8, 4) is 20.2 Å². The molecule has 0 nitrogen and oxygen atoms in total. The summed E-state index contributed by atoms with van der Waals surface area (Å²) in [4.78, 5) is 5.73. The number of unbranched alkanes of at least 4 members (excludes halogenated alkanes) is 3. The van der Waals surface area contributed by atoms with Crippen LogP contribution in [0.25, 0.3) is 20.2 Å². The molecule has 0 saturated carbocycles. The minimum absolute atomic E-state index is 1.24. The SMILES string of the molecule is CCCCCCc1ccc(-c2ccc(-c3cc(C)ccc3C)s2)s1. The van der Waals surface area contributed by atoms with E-state index in [0.29, 0.717) is 0 Å². The second kappa shape index (κ2) is 8.13. The third kappa shape index (κ3) is 4.17. The Morgan fingerprint density at radius 1 is 0.750 bits per heavy atom. The van der Waals surface area contributed by atoms with Gasteiger partial charge < -0.3 is 0 Å². The van der Waals surface area contributed by atoms with Crippen molar-refractivity contribution < 1.29 is 0 Å². The van der Waals surface area contributed by atoms with E-state index in [9.17, 15) is 0 Å². The molecule has 0 spiro atoms. The average Bonchev–Trinajstić information content (AvgIpc) is 3.23. The molecule has 3 rings (SSSR count). The molecule has 0 aliphatic heterocycles. The molecule has 2 heteroatoms. The fourth-order valence-electron chi connectivity index (χ4n) is 2.99. The molecule has 0 unspecified atom stereocenters. The van der Waals surface area contributed by atoms with E-state index in [1.54, 1.807) is 0 Å². The molecule has 0 aliphatic rings. The maximum absolute atomic E-state index is 2.32. The van der Waals surface area contributed by atoms with Crippen LogP contribution in [0.4, 0.5) is 0 Å². The van der Waals surface area contributed by atoms with E-state index < -0.39 is 0 Å². The van der Waals surface area contributed by atoms with Gasteiger partial charge in [-0.05, 0) is 62.1 Å². The molecule has 3 aromatic rings. The Kier molecular flexibility index (Phi) is 5.91. The summed E-state index contributed by atoms with van der Waals surface area (Å²) in [5, 5.41) is 0. The van der Waals surface area contributed by atoms with Crippen molar-refractivity contribution in [2.45, 2.75) is 52.9 Å². The Morgan fingerprint density at radius 3 is 2.33 bits per heavy atom. The molecule has 0 fully saturated rings. The average molecular weight is 355 g/mol. The van der Waals surface area contributed by atoms with Crippen LogP contribution in [0, 0.1) is 13.8 Å². The van der Waals surface area contributed by atoms with E-state index in [0.717, 1.165) is 0 Å². The highest BCUT2D eigenvalue weighted by atomic mass is 32.1. The van der Waals surface area contributed by atoms with Crippen molar-refractivity contribution in [1.29, 1.82) is 0 Å². The van der Waals surface area contributed by atoms with E-state index in [-0.39, 0.29) is 0 Å². The lowest BCUT2D eigenvalue weighted by atomic mass is 10.0. The molecule has 0 amide bonds. The molecule has 0 atom stereocenters. The van der Waals surface area contributed by atoms with Crippen LogP contribution in [0.3, 0.4) is 0 Å². The molecular formula is C22H26S2. The third-order valence-electron chi connectivity index (χ3n) is 4.45. The van der Waals surface area contributed by atoms with E-state index in [4.69, 9.17) is 0 Å². The van der Waals surface area contributed by atoms with Gasteiger partial charge in [-0.15, -0.1) is 22.7 Å². The molecule has 2 heterocycles. The van der Waals surface area contributed by atoms with Crippen LogP contribution >= 0.6 is 22.7 Å². The molecule has 2 aromatic heterocycles. The van der Waals surface area contributed by atoms with Crippen LogP contribution in [-0.4, -0.2) is 0 Å². The Morgan fingerprint density at radius 2 is 1.50 bits per heavy atom. The summed E-state index contributed by atoms with van der Waals surface area (Å²) >= 11 is 3.89. The minimum Gasteiger partial charge on any atom is -0.139 e. The molecule has 0 N–H and O–H groups in total. The predicted octanol–water partition coefficient (Wildman–Crippen LogP) is 7.88. The first-order valence-corrected chi connectivity index (χ1v) is 10.6. The van der Waals surface area contributed by atoms with E-state index in [1.807, 2.05) is 22.7 Å².